The summed E-state index contributed by atoms with van der Waals surface area (Å²) in [6, 6.07) is 17.4. The van der Waals surface area contributed by atoms with Crippen LogP contribution in [0.15, 0.2) is 48.5 Å². The molecule has 4 rings (SSSR count). The molecule has 0 aliphatic carbocycles. The molecule has 20 heavy (non-hydrogen) atoms. The van der Waals surface area contributed by atoms with Crippen molar-refractivity contribution in [1.29, 1.82) is 0 Å². The highest BCUT2D eigenvalue weighted by Crippen LogP contribution is 2.36. The minimum Gasteiger partial charge on any atom is -0.241 e. The van der Waals surface area contributed by atoms with Gasteiger partial charge in [0.15, 0.2) is 0 Å². The zero-order valence-electron chi connectivity index (χ0n) is 11.6. The van der Waals surface area contributed by atoms with E-state index in [0.29, 0.717) is 5.92 Å². The Morgan fingerprint density at radius 1 is 0.900 bits per heavy atom. The van der Waals surface area contributed by atoms with E-state index in [-0.39, 0.29) is 0 Å². The van der Waals surface area contributed by atoms with Gasteiger partial charge in [-0.25, -0.2) is 4.98 Å². The summed E-state index contributed by atoms with van der Waals surface area (Å²) in [6.07, 6.45) is 0. The third-order valence-electron chi connectivity index (χ3n) is 3.77. The number of fused-ring (bicyclic) bond motifs is 5. The van der Waals surface area contributed by atoms with Gasteiger partial charge in [-0.3, -0.25) is 0 Å². The van der Waals surface area contributed by atoms with Crippen LogP contribution in [0.5, 0.6) is 0 Å². The number of benzene rings is 3. The molecule has 0 saturated carbocycles. The number of aromatic nitrogens is 1. The van der Waals surface area contributed by atoms with E-state index in [4.69, 9.17) is 4.98 Å². The van der Waals surface area contributed by atoms with E-state index in [1.54, 1.807) is 0 Å². The van der Waals surface area contributed by atoms with Gasteiger partial charge in [0, 0.05) is 11.3 Å². The molecule has 0 radical (unpaired) electrons. The minimum atomic E-state index is 0.484. The number of thiazole rings is 1. The van der Waals surface area contributed by atoms with Gasteiger partial charge in [0.25, 0.3) is 0 Å². The Morgan fingerprint density at radius 2 is 1.65 bits per heavy atom. The van der Waals surface area contributed by atoms with Crippen molar-refractivity contribution in [2.75, 3.05) is 0 Å². The number of rotatable bonds is 1. The molecular weight excluding hydrogens is 262 g/mol. The molecule has 1 aromatic heterocycles. The Balaban J connectivity index is 2.24. The zero-order chi connectivity index (χ0) is 13.7. The van der Waals surface area contributed by atoms with E-state index in [0.717, 1.165) is 5.52 Å². The quantitative estimate of drug-likeness (QED) is 0.405. The lowest BCUT2D eigenvalue weighted by Crippen LogP contribution is -1.82. The Hall–Kier alpha value is -1.93. The maximum atomic E-state index is 4.79. The fourth-order valence-electron chi connectivity index (χ4n) is 2.74. The van der Waals surface area contributed by atoms with E-state index >= 15 is 0 Å². The molecule has 3 aromatic carbocycles. The van der Waals surface area contributed by atoms with Crippen LogP contribution < -0.4 is 0 Å². The Labute approximate surface area is 121 Å². The van der Waals surface area contributed by atoms with Gasteiger partial charge in [0.1, 0.15) is 0 Å². The highest BCUT2D eigenvalue weighted by Gasteiger charge is 2.11. The molecule has 0 unspecified atom stereocenters. The fourth-order valence-corrected chi connectivity index (χ4v) is 3.87. The van der Waals surface area contributed by atoms with Gasteiger partial charge in [-0.15, -0.1) is 11.3 Å². The Kier molecular flexibility index (Phi) is 2.54. The average molecular weight is 277 g/mol. The zero-order valence-corrected chi connectivity index (χ0v) is 12.4. The third kappa shape index (κ3) is 1.65. The first-order valence-corrected chi connectivity index (χ1v) is 7.76. The molecular formula is C18H15NS. The van der Waals surface area contributed by atoms with Crippen LogP contribution in [0.4, 0.5) is 0 Å². The van der Waals surface area contributed by atoms with Crippen LogP contribution in [0.3, 0.4) is 0 Å². The molecule has 0 bridgehead atoms. The van der Waals surface area contributed by atoms with Crippen LogP contribution >= 0.6 is 11.3 Å². The summed E-state index contributed by atoms with van der Waals surface area (Å²) in [4.78, 5) is 4.79. The van der Waals surface area contributed by atoms with Crippen molar-refractivity contribution in [1.82, 2.24) is 4.98 Å². The summed E-state index contributed by atoms with van der Waals surface area (Å²) in [5, 5.41) is 6.50. The first-order chi connectivity index (χ1) is 9.74. The standard InChI is InChI=1S/C18H15NS/c1-11(2)18-19-15-10-9-13-8-7-12-5-3-4-6-14(12)16(13)17(15)20-18/h3-11H,1-2H3. The first kappa shape index (κ1) is 11.9. The molecule has 0 aliphatic heterocycles. The third-order valence-corrected chi connectivity index (χ3v) is 5.16. The van der Waals surface area contributed by atoms with Crippen LogP contribution in [0.25, 0.3) is 31.8 Å². The van der Waals surface area contributed by atoms with Gasteiger partial charge in [0.2, 0.25) is 0 Å². The van der Waals surface area contributed by atoms with Gasteiger partial charge >= 0.3 is 0 Å². The highest BCUT2D eigenvalue weighted by molar-refractivity contribution is 7.19. The second-order valence-electron chi connectivity index (χ2n) is 5.51. The van der Waals surface area contributed by atoms with Crippen LogP contribution in [0.2, 0.25) is 0 Å². The largest absolute Gasteiger partial charge is 0.241 e. The van der Waals surface area contributed by atoms with Crippen molar-refractivity contribution >= 4 is 43.1 Å². The molecule has 1 nitrogen and oxygen atoms in total. The molecule has 0 spiro atoms. The smallest absolute Gasteiger partial charge is 0.0964 e. The van der Waals surface area contributed by atoms with E-state index in [1.165, 1.54) is 31.3 Å². The lowest BCUT2D eigenvalue weighted by atomic mass is 10.0. The van der Waals surface area contributed by atoms with Crippen LogP contribution in [0, 0.1) is 0 Å². The SMILES string of the molecule is CC(C)c1nc2ccc3ccc4ccccc4c3c2s1. The monoisotopic (exact) mass is 277 g/mol. The van der Waals surface area contributed by atoms with Gasteiger partial charge in [0.05, 0.1) is 15.2 Å². The van der Waals surface area contributed by atoms with E-state index in [2.05, 4.69) is 62.4 Å². The molecule has 1 heterocycles. The van der Waals surface area contributed by atoms with Crippen molar-refractivity contribution in [3.05, 3.63) is 53.5 Å². The molecule has 2 heteroatoms. The maximum absolute atomic E-state index is 4.79. The second kappa shape index (κ2) is 4.29. The topological polar surface area (TPSA) is 12.9 Å². The summed E-state index contributed by atoms with van der Waals surface area (Å²) in [5.41, 5.74) is 1.13. The summed E-state index contributed by atoms with van der Waals surface area (Å²) in [6.45, 7) is 4.41. The molecule has 0 atom stereocenters. The van der Waals surface area contributed by atoms with Crippen molar-refractivity contribution in [3.63, 3.8) is 0 Å². The second-order valence-corrected chi connectivity index (χ2v) is 6.54. The summed E-state index contributed by atoms with van der Waals surface area (Å²) >= 11 is 1.84. The van der Waals surface area contributed by atoms with E-state index in [1.807, 2.05) is 11.3 Å². The summed E-state index contributed by atoms with van der Waals surface area (Å²) in [5.74, 6) is 0.484. The fraction of sp³-hybridized carbons (Fsp3) is 0.167. The molecule has 0 aliphatic rings. The number of hydrogen-bond donors (Lipinski definition) is 0. The first-order valence-electron chi connectivity index (χ1n) is 6.95. The molecule has 0 N–H and O–H groups in total. The lowest BCUT2D eigenvalue weighted by molar-refractivity contribution is 0.857. The molecule has 98 valence electrons. The average Bonchev–Trinajstić information content (AvgIpc) is 2.91. The van der Waals surface area contributed by atoms with Gasteiger partial charge in [-0.1, -0.05) is 56.3 Å². The molecule has 0 fully saturated rings. The molecule has 4 aromatic rings. The van der Waals surface area contributed by atoms with Gasteiger partial charge in [-0.2, -0.15) is 0 Å². The Bertz CT molecular complexity index is 934. The van der Waals surface area contributed by atoms with Crippen LogP contribution in [0.1, 0.15) is 24.8 Å². The molecule has 0 amide bonds. The lowest BCUT2D eigenvalue weighted by Gasteiger charge is -2.04. The van der Waals surface area contributed by atoms with Gasteiger partial charge < -0.3 is 0 Å². The van der Waals surface area contributed by atoms with Gasteiger partial charge in [-0.05, 0) is 22.2 Å². The number of hydrogen-bond acceptors (Lipinski definition) is 2. The normalized spacial score (nSPS) is 11.9. The predicted molar refractivity (Wildman–Crippen MR) is 88.7 cm³/mol. The highest BCUT2D eigenvalue weighted by atomic mass is 32.1. The van der Waals surface area contributed by atoms with Crippen molar-refractivity contribution in [2.24, 2.45) is 0 Å². The summed E-state index contributed by atoms with van der Waals surface area (Å²) < 4.78 is 1.32. The summed E-state index contributed by atoms with van der Waals surface area (Å²) in [7, 11) is 0. The van der Waals surface area contributed by atoms with Crippen molar-refractivity contribution in [2.45, 2.75) is 19.8 Å². The van der Waals surface area contributed by atoms with E-state index < -0.39 is 0 Å². The van der Waals surface area contributed by atoms with Crippen molar-refractivity contribution in [3.8, 4) is 0 Å². The predicted octanol–water partition coefficient (Wildman–Crippen LogP) is 5.73. The minimum absolute atomic E-state index is 0.484. The Morgan fingerprint density at radius 3 is 2.50 bits per heavy atom. The van der Waals surface area contributed by atoms with Crippen molar-refractivity contribution < 1.29 is 0 Å². The number of nitrogens with zero attached hydrogens (tertiary/aromatic N) is 1. The van der Waals surface area contributed by atoms with Crippen LogP contribution in [-0.2, 0) is 0 Å². The van der Waals surface area contributed by atoms with E-state index in [9.17, 15) is 0 Å². The molecule has 0 saturated heterocycles. The maximum Gasteiger partial charge on any atom is 0.0964 e. The van der Waals surface area contributed by atoms with Crippen LogP contribution in [-0.4, -0.2) is 4.98 Å².